The molecule has 10 nitrogen and oxygen atoms in total. The van der Waals surface area contributed by atoms with Gasteiger partial charge >= 0.3 is 0 Å². The summed E-state index contributed by atoms with van der Waals surface area (Å²) in [5.41, 5.74) is -0.493. The highest BCUT2D eigenvalue weighted by Gasteiger charge is 2.49. The van der Waals surface area contributed by atoms with Crippen molar-refractivity contribution in [1.82, 2.24) is 15.5 Å². The van der Waals surface area contributed by atoms with Crippen LogP contribution in [0, 0.1) is 11.6 Å². The first-order chi connectivity index (χ1) is 20.6. The number of benzene rings is 2. The number of hydrogen-bond donors (Lipinski definition) is 2. The summed E-state index contributed by atoms with van der Waals surface area (Å²) in [5, 5.41) is 6.74. The standard InChI is InChI=1S/C31H35F2N3O7/c1-30(14-41-15-30)35-28(37)17-5-6-20-24(9-17)43-27-26(20)42-16-31(2,36(29(27)38)18-10-19(11-18)39-3)13-34-12-21-23(40-4)8-7-22(32)25(21)33/h5-9,18-19,34H,10-16H2,1-4H3,(H,35,37). The van der Waals surface area contributed by atoms with Gasteiger partial charge in [-0.15, -0.1) is 0 Å². The van der Waals surface area contributed by atoms with Crippen LogP contribution in [0.3, 0.4) is 0 Å². The Kier molecular flexibility index (Phi) is 7.55. The predicted octanol–water partition coefficient (Wildman–Crippen LogP) is 3.80. The fourth-order valence-corrected chi connectivity index (χ4v) is 6.05. The summed E-state index contributed by atoms with van der Waals surface area (Å²) >= 11 is 0. The molecule has 0 spiro atoms. The normalized spacial score (nSPS) is 24.4. The van der Waals surface area contributed by atoms with Crippen LogP contribution in [0.15, 0.2) is 34.7 Å². The molecule has 3 heterocycles. The van der Waals surface area contributed by atoms with Gasteiger partial charge in [0.15, 0.2) is 17.4 Å². The molecule has 43 heavy (non-hydrogen) atoms. The minimum atomic E-state index is -0.988. The van der Waals surface area contributed by atoms with Crippen LogP contribution in [0.1, 0.15) is 53.2 Å². The first kappa shape index (κ1) is 29.3. The number of halogens is 2. The molecule has 2 aromatic carbocycles. The van der Waals surface area contributed by atoms with Crippen molar-refractivity contribution >= 4 is 22.8 Å². The van der Waals surface area contributed by atoms with Crippen molar-refractivity contribution in [2.75, 3.05) is 40.6 Å². The molecular formula is C31H35F2N3O7. The third kappa shape index (κ3) is 5.21. The van der Waals surface area contributed by atoms with E-state index >= 15 is 0 Å². The lowest BCUT2D eigenvalue weighted by molar-refractivity contribution is -0.0593. The van der Waals surface area contributed by atoms with Crippen LogP contribution in [0.25, 0.3) is 11.0 Å². The van der Waals surface area contributed by atoms with Crippen molar-refractivity contribution in [2.24, 2.45) is 0 Å². The molecule has 0 bridgehead atoms. The Hall–Kier alpha value is -3.74. The third-order valence-corrected chi connectivity index (χ3v) is 8.63. The minimum Gasteiger partial charge on any atom is -0.496 e. The molecule has 230 valence electrons. The monoisotopic (exact) mass is 599 g/mol. The molecule has 3 aliphatic rings. The molecule has 2 amide bonds. The number of hydrogen-bond acceptors (Lipinski definition) is 8. The topological polar surface area (TPSA) is 112 Å². The summed E-state index contributed by atoms with van der Waals surface area (Å²) in [6, 6.07) is 7.23. The van der Waals surface area contributed by atoms with Crippen molar-refractivity contribution in [3.05, 3.63) is 58.9 Å². The largest absolute Gasteiger partial charge is 0.496 e. The van der Waals surface area contributed by atoms with Gasteiger partial charge in [-0.1, -0.05) is 0 Å². The summed E-state index contributed by atoms with van der Waals surface area (Å²) in [4.78, 5) is 28.8. The predicted molar refractivity (Wildman–Crippen MR) is 151 cm³/mol. The van der Waals surface area contributed by atoms with Gasteiger partial charge in [0.2, 0.25) is 5.76 Å². The van der Waals surface area contributed by atoms with Crippen molar-refractivity contribution in [3.8, 4) is 11.5 Å². The summed E-state index contributed by atoms with van der Waals surface area (Å²) in [6.45, 7) is 4.96. The van der Waals surface area contributed by atoms with Gasteiger partial charge in [-0.25, -0.2) is 8.78 Å². The highest BCUT2D eigenvalue weighted by Crippen LogP contribution is 2.42. The number of nitrogens with zero attached hydrogens (tertiary/aromatic N) is 1. The molecular weight excluding hydrogens is 564 g/mol. The van der Waals surface area contributed by atoms with Gasteiger partial charge in [-0.3, -0.25) is 9.59 Å². The van der Waals surface area contributed by atoms with Gasteiger partial charge < -0.3 is 38.9 Å². The van der Waals surface area contributed by atoms with Gasteiger partial charge in [0, 0.05) is 37.4 Å². The number of nitrogens with one attached hydrogen (secondary N) is 2. The molecule has 1 saturated carbocycles. The zero-order valence-electron chi connectivity index (χ0n) is 24.6. The van der Waals surface area contributed by atoms with E-state index in [0.29, 0.717) is 48.3 Å². The number of fused-ring (bicyclic) bond motifs is 3. The molecule has 2 N–H and O–H groups in total. The molecule has 1 unspecified atom stereocenters. The number of carbonyl (C=O) groups is 2. The fourth-order valence-electron chi connectivity index (χ4n) is 6.05. The first-order valence-corrected chi connectivity index (χ1v) is 14.2. The molecule has 0 radical (unpaired) electrons. The number of ether oxygens (including phenoxy) is 4. The Morgan fingerprint density at radius 3 is 2.56 bits per heavy atom. The maximum Gasteiger partial charge on any atom is 0.294 e. The van der Waals surface area contributed by atoms with Crippen LogP contribution >= 0.6 is 0 Å². The van der Waals surface area contributed by atoms with Gasteiger partial charge in [-0.2, -0.15) is 0 Å². The zero-order chi connectivity index (χ0) is 30.5. The lowest BCUT2D eigenvalue weighted by Crippen LogP contribution is -2.64. The SMILES string of the molecule is COc1ccc(F)c(F)c1CNCC1(C)COc2c(oc3cc(C(=O)NC4(C)COC4)ccc23)C(=O)N1C1CC(OC)C1. The average molecular weight is 600 g/mol. The van der Waals surface area contributed by atoms with Gasteiger partial charge in [0.25, 0.3) is 11.8 Å². The van der Waals surface area contributed by atoms with Crippen LogP contribution in [-0.4, -0.2) is 80.5 Å². The van der Waals surface area contributed by atoms with Crippen LogP contribution in [0.2, 0.25) is 0 Å². The Morgan fingerprint density at radius 1 is 1.12 bits per heavy atom. The Morgan fingerprint density at radius 2 is 1.88 bits per heavy atom. The Labute approximate surface area is 247 Å². The second kappa shape index (κ2) is 11.1. The van der Waals surface area contributed by atoms with Crippen molar-refractivity contribution in [3.63, 3.8) is 0 Å². The molecule has 3 aromatic rings. The van der Waals surface area contributed by atoms with E-state index in [-0.39, 0.29) is 60.7 Å². The summed E-state index contributed by atoms with van der Waals surface area (Å²) in [7, 11) is 3.03. The maximum absolute atomic E-state index is 14.6. The third-order valence-electron chi connectivity index (χ3n) is 8.63. The quantitative estimate of drug-likeness (QED) is 0.382. The molecule has 12 heteroatoms. The van der Waals surface area contributed by atoms with Crippen LogP contribution in [0.4, 0.5) is 8.78 Å². The van der Waals surface area contributed by atoms with E-state index in [4.69, 9.17) is 23.4 Å². The van der Waals surface area contributed by atoms with Crippen molar-refractivity contribution in [2.45, 2.75) is 56.5 Å². The maximum atomic E-state index is 14.6. The summed E-state index contributed by atoms with van der Waals surface area (Å²) in [5.74, 6) is -2.00. The van der Waals surface area contributed by atoms with Crippen LogP contribution in [-0.2, 0) is 16.0 Å². The molecule has 2 fully saturated rings. The Balaban J connectivity index is 1.27. The number of amides is 2. The van der Waals surface area contributed by atoms with Gasteiger partial charge in [0.1, 0.15) is 17.9 Å². The molecule has 2 aliphatic heterocycles. The van der Waals surface area contributed by atoms with E-state index in [2.05, 4.69) is 10.6 Å². The number of rotatable bonds is 9. The fraction of sp³-hybridized carbons (Fsp3) is 0.484. The highest BCUT2D eigenvalue weighted by molar-refractivity contribution is 6.04. The molecule has 1 saturated heterocycles. The van der Waals surface area contributed by atoms with E-state index in [1.54, 1.807) is 30.2 Å². The van der Waals surface area contributed by atoms with Crippen LogP contribution < -0.4 is 20.1 Å². The van der Waals surface area contributed by atoms with E-state index in [0.717, 1.165) is 6.07 Å². The second-order valence-corrected chi connectivity index (χ2v) is 12.1. The van der Waals surface area contributed by atoms with E-state index in [1.165, 1.54) is 13.2 Å². The lowest BCUT2D eigenvalue weighted by Gasteiger charge is -2.49. The zero-order valence-corrected chi connectivity index (χ0v) is 24.6. The first-order valence-electron chi connectivity index (χ1n) is 14.2. The van der Waals surface area contributed by atoms with Gasteiger partial charge in [-0.05, 0) is 57.0 Å². The molecule has 1 aliphatic carbocycles. The summed E-state index contributed by atoms with van der Waals surface area (Å²) in [6.07, 6.45) is 1.28. The second-order valence-electron chi connectivity index (χ2n) is 12.1. The van der Waals surface area contributed by atoms with Crippen LogP contribution in [0.5, 0.6) is 11.5 Å². The Bertz CT molecular complexity index is 1570. The average Bonchev–Trinajstić information content (AvgIpc) is 3.28. The molecule has 1 aromatic heterocycles. The summed E-state index contributed by atoms with van der Waals surface area (Å²) < 4.78 is 56.9. The van der Waals surface area contributed by atoms with E-state index in [1.807, 2.05) is 13.8 Å². The molecule has 1 atom stereocenters. The minimum absolute atomic E-state index is 0.0176. The van der Waals surface area contributed by atoms with E-state index in [9.17, 15) is 18.4 Å². The number of carbonyl (C=O) groups excluding carboxylic acids is 2. The van der Waals surface area contributed by atoms with Gasteiger partial charge in [0.05, 0.1) is 42.9 Å². The van der Waals surface area contributed by atoms with E-state index < -0.39 is 22.7 Å². The highest BCUT2D eigenvalue weighted by atomic mass is 19.2. The number of furan rings is 1. The van der Waals surface area contributed by atoms with Crippen molar-refractivity contribution in [1.29, 1.82) is 0 Å². The van der Waals surface area contributed by atoms with Crippen molar-refractivity contribution < 1.29 is 41.7 Å². The lowest BCUT2D eigenvalue weighted by atomic mass is 9.84. The molecule has 6 rings (SSSR count). The number of methoxy groups -OCH3 is 2. The smallest absolute Gasteiger partial charge is 0.294 e.